The van der Waals surface area contributed by atoms with Crippen molar-refractivity contribution in [3.05, 3.63) is 35.9 Å². The number of esters is 1. The predicted molar refractivity (Wildman–Crippen MR) is 114 cm³/mol. The number of carbonyl (C=O) groups is 3. The quantitative estimate of drug-likeness (QED) is 0.541. The van der Waals surface area contributed by atoms with Gasteiger partial charge in [-0.15, -0.1) is 0 Å². The van der Waals surface area contributed by atoms with Crippen molar-refractivity contribution in [2.75, 3.05) is 24.6 Å². The molecule has 1 aliphatic rings. The molecule has 0 radical (unpaired) electrons. The van der Waals surface area contributed by atoms with E-state index in [2.05, 4.69) is 27.7 Å². The van der Waals surface area contributed by atoms with E-state index in [1.165, 1.54) is 37.4 Å². The Hall–Kier alpha value is -2.83. The van der Waals surface area contributed by atoms with Gasteiger partial charge in [0.05, 0.1) is 0 Å². The summed E-state index contributed by atoms with van der Waals surface area (Å²) in [5.41, 5.74) is 2.07. The lowest BCUT2D eigenvalue weighted by atomic mass is 10.1. The molecule has 29 heavy (non-hydrogen) atoms. The number of ether oxygens (including phenoxy) is 1. The van der Waals surface area contributed by atoms with Crippen LogP contribution in [0.4, 0.5) is 10.5 Å². The Balaban J connectivity index is 1.75. The van der Waals surface area contributed by atoms with Crippen LogP contribution in [0.25, 0.3) is 6.08 Å². The van der Waals surface area contributed by atoms with Gasteiger partial charge < -0.3 is 15.0 Å². The number of urea groups is 1. The topological polar surface area (TPSA) is 87.7 Å². The molecule has 2 N–H and O–H groups in total. The number of imide groups is 1. The minimum absolute atomic E-state index is 0.0426. The molecule has 3 amide bonds. The van der Waals surface area contributed by atoms with E-state index in [9.17, 15) is 14.4 Å². The molecule has 7 heteroatoms. The molecule has 0 aliphatic carbocycles. The molecule has 0 bridgehead atoms. The number of nitrogens with one attached hydrogen (secondary N) is 2. The number of benzene rings is 1. The van der Waals surface area contributed by atoms with Crippen LogP contribution in [0.3, 0.4) is 0 Å². The van der Waals surface area contributed by atoms with Crippen molar-refractivity contribution in [1.29, 1.82) is 0 Å². The monoisotopic (exact) mass is 401 g/mol. The van der Waals surface area contributed by atoms with Crippen LogP contribution in [-0.2, 0) is 14.3 Å². The maximum absolute atomic E-state index is 11.8. The zero-order chi connectivity index (χ0) is 21.1. The molecule has 1 aliphatic heterocycles. The molecule has 2 rings (SSSR count). The van der Waals surface area contributed by atoms with Gasteiger partial charge >= 0.3 is 12.0 Å². The van der Waals surface area contributed by atoms with Gasteiger partial charge in [-0.2, -0.15) is 0 Å². The molecule has 1 saturated heterocycles. The van der Waals surface area contributed by atoms with Crippen molar-refractivity contribution in [3.63, 3.8) is 0 Å². The zero-order valence-electron chi connectivity index (χ0n) is 17.3. The molecule has 158 valence electrons. The van der Waals surface area contributed by atoms with Crippen LogP contribution in [0.1, 0.15) is 51.5 Å². The number of amides is 3. The molecule has 1 heterocycles. The lowest BCUT2D eigenvalue weighted by Crippen LogP contribution is -2.44. The van der Waals surface area contributed by atoms with E-state index in [0.29, 0.717) is 0 Å². The summed E-state index contributed by atoms with van der Waals surface area (Å²) in [4.78, 5) is 37.4. The van der Waals surface area contributed by atoms with E-state index in [4.69, 9.17) is 4.74 Å². The fourth-order valence-corrected chi connectivity index (χ4v) is 3.00. The summed E-state index contributed by atoms with van der Waals surface area (Å²) in [5, 5.41) is 4.72. The molecule has 1 aromatic rings. The third kappa shape index (κ3) is 8.37. The van der Waals surface area contributed by atoms with Gasteiger partial charge in [-0.1, -0.05) is 31.9 Å². The highest BCUT2D eigenvalue weighted by Gasteiger charge is 2.11. The third-order valence-electron chi connectivity index (χ3n) is 4.86. The molecule has 0 spiro atoms. The number of anilines is 1. The van der Waals surface area contributed by atoms with Gasteiger partial charge in [0.1, 0.15) is 0 Å². The summed E-state index contributed by atoms with van der Waals surface area (Å²) in [6, 6.07) is 7.38. The molecule has 7 nitrogen and oxygen atoms in total. The second-order valence-electron chi connectivity index (χ2n) is 7.26. The van der Waals surface area contributed by atoms with E-state index in [1.54, 1.807) is 6.08 Å². The Kier molecular flexibility index (Phi) is 9.21. The first-order chi connectivity index (χ1) is 14.0. The molecule has 0 aromatic heterocycles. The fraction of sp³-hybridized carbons (Fsp3) is 0.500. The lowest BCUT2D eigenvalue weighted by molar-refractivity contribution is -0.143. The first-order valence-corrected chi connectivity index (χ1v) is 10.3. The first kappa shape index (κ1) is 22.5. The summed E-state index contributed by atoms with van der Waals surface area (Å²) in [5.74, 6) is -1.31. The Morgan fingerprint density at radius 2 is 1.76 bits per heavy atom. The van der Waals surface area contributed by atoms with Crippen LogP contribution in [0.15, 0.2) is 30.3 Å². The summed E-state index contributed by atoms with van der Waals surface area (Å²) in [6.45, 7) is 5.40. The Morgan fingerprint density at radius 3 is 2.38 bits per heavy atom. The van der Waals surface area contributed by atoms with Gasteiger partial charge in [0.15, 0.2) is 6.61 Å². The van der Waals surface area contributed by atoms with Crippen LogP contribution in [-0.4, -0.2) is 43.6 Å². The molecule has 0 unspecified atom stereocenters. The number of nitrogens with zero attached hydrogens (tertiary/aromatic N) is 1. The Bertz CT molecular complexity index is 707. The van der Waals surface area contributed by atoms with E-state index in [0.717, 1.165) is 25.1 Å². The van der Waals surface area contributed by atoms with E-state index in [1.807, 2.05) is 26.0 Å². The lowest BCUT2D eigenvalue weighted by Gasteiger charge is -2.22. The largest absolute Gasteiger partial charge is 0.452 e. The van der Waals surface area contributed by atoms with Crippen molar-refractivity contribution in [1.82, 2.24) is 10.6 Å². The van der Waals surface area contributed by atoms with Crippen molar-refractivity contribution >= 4 is 29.7 Å². The average Bonchev–Trinajstić information content (AvgIpc) is 3.00. The minimum atomic E-state index is -0.672. The second-order valence-corrected chi connectivity index (χ2v) is 7.26. The van der Waals surface area contributed by atoms with Crippen LogP contribution >= 0.6 is 0 Å². The van der Waals surface area contributed by atoms with Gasteiger partial charge in [-0.25, -0.2) is 9.59 Å². The van der Waals surface area contributed by atoms with Gasteiger partial charge in [-0.05, 0) is 50.0 Å². The molecule has 1 aromatic carbocycles. The SMILES string of the molecule is CC[C@@H](C)NC(=O)NC(=O)COC(=O)/C=C/c1ccc(N2CCCCCC2)cc1. The smallest absolute Gasteiger partial charge is 0.331 e. The van der Waals surface area contributed by atoms with Crippen LogP contribution in [0.5, 0.6) is 0 Å². The normalized spacial score (nSPS) is 15.4. The maximum Gasteiger partial charge on any atom is 0.331 e. The standard InChI is InChI=1S/C22H31N3O4/c1-3-17(2)23-22(28)24-20(26)16-29-21(27)13-10-18-8-11-19(12-9-18)25-14-6-4-5-7-15-25/h8-13,17H,3-7,14-16H2,1-2H3,(H2,23,24,26,28)/b13-10+/t17-/m1/s1. The van der Waals surface area contributed by atoms with Crippen molar-refractivity contribution in [2.45, 2.75) is 52.0 Å². The molecule has 1 fully saturated rings. The average molecular weight is 402 g/mol. The third-order valence-corrected chi connectivity index (χ3v) is 4.86. The van der Waals surface area contributed by atoms with Crippen molar-refractivity contribution in [2.24, 2.45) is 0 Å². The van der Waals surface area contributed by atoms with Crippen LogP contribution < -0.4 is 15.5 Å². The minimum Gasteiger partial charge on any atom is -0.452 e. The molecule has 0 saturated carbocycles. The van der Waals surface area contributed by atoms with E-state index >= 15 is 0 Å². The van der Waals surface area contributed by atoms with Crippen LogP contribution in [0, 0.1) is 0 Å². The number of carbonyl (C=O) groups excluding carboxylic acids is 3. The fourth-order valence-electron chi connectivity index (χ4n) is 3.00. The zero-order valence-corrected chi connectivity index (χ0v) is 17.3. The van der Waals surface area contributed by atoms with Crippen molar-refractivity contribution in [3.8, 4) is 0 Å². The number of hydrogen-bond acceptors (Lipinski definition) is 5. The Morgan fingerprint density at radius 1 is 1.10 bits per heavy atom. The number of hydrogen-bond donors (Lipinski definition) is 2. The highest BCUT2D eigenvalue weighted by atomic mass is 16.5. The summed E-state index contributed by atoms with van der Waals surface area (Å²) in [6.07, 6.45) is 8.69. The van der Waals surface area contributed by atoms with Crippen LogP contribution in [0.2, 0.25) is 0 Å². The highest BCUT2D eigenvalue weighted by Crippen LogP contribution is 2.20. The number of rotatable bonds is 7. The molecular weight excluding hydrogens is 370 g/mol. The van der Waals surface area contributed by atoms with E-state index < -0.39 is 24.5 Å². The molecule has 1 atom stereocenters. The maximum atomic E-state index is 11.8. The van der Waals surface area contributed by atoms with E-state index in [-0.39, 0.29) is 6.04 Å². The van der Waals surface area contributed by atoms with Gasteiger partial charge in [0.2, 0.25) is 0 Å². The van der Waals surface area contributed by atoms with Crippen molar-refractivity contribution < 1.29 is 19.1 Å². The van der Waals surface area contributed by atoms with Gasteiger partial charge in [-0.3, -0.25) is 10.1 Å². The predicted octanol–water partition coefficient (Wildman–Crippen LogP) is 3.25. The molecular formula is C22H31N3O4. The highest BCUT2D eigenvalue weighted by molar-refractivity contribution is 5.96. The van der Waals surface area contributed by atoms with Gasteiger partial charge in [0, 0.05) is 30.9 Å². The summed E-state index contributed by atoms with van der Waals surface area (Å²) >= 11 is 0. The Labute approximate surface area is 172 Å². The van der Waals surface area contributed by atoms with Gasteiger partial charge in [0.25, 0.3) is 5.91 Å². The summed E-state index contributed by atoms with van der Waals surface area (Å²) < 4.78 is 4.86. The first-order valence-electron chi connectivity index (χ1n) is 10.3. The second kappa shape index (κ2) is 11.9. The summed E-state index contributed by atoms with van der Waals surface area (Å²) in [7, 11) is 0.